The Kier molecular flexibility index (Phi) is 15.2. The lowest BCUT2D eigenvalue weighted by Crippen LogP contribution is -2.55. The fraction of sp³-hybridized carbons (Fsp3) is 0.538. The molecule has 1 saturated heterocycles. The summed E-state index contributed by atoms with van der Waals surface area (Å²) < 4.78 is 63.2. The Labute approximate surface area is 344 Å². The molecule has 0 radical (unpaired) electrons. The van der Waals surface area contributed by atoms with Crippen molar-refractivity contribution in [2.24, 2.45) is 5.92 Å². The lowest BCUT2D eigenvalue weighted by molar-refractivity contribution is -0.387. The minimum absolute atomic E-state index is 0.0130. The molecule has 0 unspecified atom stereocenters. The zero-order valence-corrected chi connectivity index (χ0v) is 34.6. The van der Waals surface area contributed by atoms with E-state index in [0.717, 1.165) is 63.5 Å². The number of carbonyl (C=O) groups is 4. The lowest BCUT2D eigenvalue weighted by atomic mass is 10.0. The van der Waals surface area contributed by atoms with Gasteiger partial charge in [0.25, 0.3) is 21.6 Å². The molecular weight excluding hydrogens is 807 g/mol. The molecule has 2 aromatic carbocycles. The van der Waals surface area contributed by atoms with Gasteiger partial charge in [-0.3, -0.25) is 24.5 Å². The van der Waals surface area contributed by atoms with Gasteiger partial charge >= 0.3 is 6.09 Å². The second-order valence-corrected chi connectivity index (χ2v) is 18.6. The van der Waals surface area contributed by atoms with Crippen molar-refractivity contribution in [3.63, 3.8) is 0 Å². The van der Waals surface area contributed by atoms with Crippen molar-refractivity contribution >= 4 is 55.1 Å². The number of unbranched alkanes of at least 4 members (excludes halogenated alkanes) is 4. The minimum Gasteiger partial charge on any atom is -0.446 e. The molecule has 20 heteroatoms. The molecule has 322 valence electrons. The van der Waals surface area contributed by atoms with Gasteiger partial charge in [0.2, 0.25) is 15.9 Å². The summed E-state index contributed by atoms with van der Waals surface area (Å²) in [6, 6.07) is 8.64. The Bertz CT molecular complexity index is 2110. The average molecular weight is 860 g/mol. The van der Waals surface area contributed by atoms with Crippen LogP contribution < -0.4 is 30.7 Å². The summed E-state index contributed by atoms with van der Waals surface area (Å²) >= 11 is 0. The molecule has 3 fully saturated rings. The van der Waals surface area contributed by atoms with E-state index < -0.39 is 83.0 Å². The Morgan fingerprint density at radius 2 is 1.63 bits per heavy atom. The number of amides is 3. The van der Waals surface area contributed by atoms with Crippen LogP contribution in [-0.2, 0) is 39.2 Å². The van der Waals surface area contributed by atoms with Crippen LogP contribution in [0.15, 0.2) is 71.0 Å². The van der Waals surface area contributed by atoms with Gasteiger partial charge in [0, 0.05) is 31.1 Å². The van der Waals surface area contributed by atoms with Crippen molar-refractivity contribution < 1.29 is 45.7 Å². The lowest BCUT2D eigenvalue weighted by Gasteiger charge is -2.21. The first-order valence-corrected chi connectivity index (χ1v) is 22.8. The normalized spacial score (nSPS) is 22.2. The molecule has 3 aliphatic rings. The SMILES string of the molecule is C=C[C@@H]1C[C@]1(NC(=O)[C@@H]1C[C@@H](NS(=O)(=O)c2ccccc2[N+](=O)[O-])CN1)C(=O)NS(=O)(=O)c1ccccc1NCCCCCCC[C@H](NC(=O)OC1CCCC1)C(C)=O. The molecule has 0 bridgehead atoms. The number of anilines is 1. The molecule has 59 heavy (non-hydrogen) atoms. The molecule has 2 saturated carbocycles. The number of nitrogens with zero attached hydrogens (tertiary/aromatic N) is 1. The van der Waals surface area contributed by atoms with E-state index in [1.807, 2.05) is 0 Å². The molecule has 3 amide bonds. The number of alkyl carbamates (subject to hydrolysis) is 1. The van der Waals surface area contributed by atoms with Gasteiger partial charge in [-0.1, -0.05) is 56.0 Å². The molecular formula is C39H53N7O11S2. The van der Waals surface area contributed by atoms with E-state index in [0.29, 0.717) is 19.4 Å². The Morgan fingerprint density at radius 3 is 2.31 bits per heavy atom. The van der Waals surface area contributed by atoms with Gasteiger partial charge < -0.3 is 26.0 Å². The van der Waals surface area contributed by atoms with Crippen LogP contribution in [0.5, 0.6) is 0 Å². The number of nitro benzene ring substituents is 1. The number of sulfonamides is 2. The van der Waals surface area contributed by atoms with Crippen LogP contribution in [-0.4, -0.2) is 88.3 Å². The zero-order chi connectivity index (χ0) is 42.8. The molecule has 2 aromatic rings. The van der Waals surface area contributed by atoms with Gasteiger partial charge in [-0.25, -0.2) is 31.1 Å². The van der Waals surface area contributed by atoms with Crippen LogP contribution in [0.2, 0.25) is 0 Å². The molecule has 6 N–H and O–H groups in total. The second kappa shape index (κ2) is 19.9. The molecule has 2 aliphatic carbocycles. The predicted molar refractivity (Wildman–Crippen MR) is 217 cm³/mol. The number of hydrogen-bond donors (Lipinski definition) is 6. The number of rotatable bonds is 22. The van der Waals surface area contributed by atoms with Crippen molar-refractivity contribution in [3.05, 3.63) is 71.3 Å². The maximum absolute atomic E-state index is 13.6. The summed E-state index contributed by atoms with van der Waals surface area (Å²) in [5, 5.41) is 22.8. The average Bonchev–Trinajstić information content (AvgIpc) is 3.44. The number of ether oxygens (including phenoxy) is 1. The highest BCUT2D eigenvalue weighted by Crippen LogP contribution is 2.45. The van der Waals surface area contributed by atoms with Crippen LogP contribution in [0, 0.1) is 16.0 Å². The third-order valence-electron chi connectivity index (χ3n) is 10.9. The van der Waals surface area contributed by atoms with Crippen molar-refractivity contribution in [1.29, 1.82) is 0 Å². The van der Waals surface area contributed by atoms with Crippen LogP contribution in [0.4, 0.5) is 16.2 Å². The van der Waals surface area contributed by atoms with E-state index >= 15 is 0 Å². The highest BCUT2D eigenvalue weighted by molar-refractivity contribution is 7.90. The van der Waals surface area contributed by atoms with Crippen LogP contribution >= 0.6 is 0 Å². The fourth-order valence-corrected chi connectivity index (χ4v) is 10.2. The van der Waals surface area contributed by atoms with Crippen LogP contribution in [0.1, 0.15) is 84.0 Å². The molecule has 1 heterocycles. The van der Waals surface area contributed by atoms with Crippen molar-refractivity contribution in [1.82, 2.24) is 25.4 Å². The van der Waals surface area contributed by atoms with Crippen molar-refractivity contribution in [3.8, 4) is 0 Å². The summed E-state index contributed by atoms with van der Waals surface area (Å²) in [5.74, 6) is -2.31. The summed E-state index contributed by atoms with van der Waals surface area (Å²) in [6.45, 7) is 5.62. The first kappa shape index (κ1) is 45.2. The number of nitro groups is 1. The standard InChI is InChI=1S/C39H53N7O11S2/c1-3-27-24-39(27,43-36(48)32-23-28(25-41-32)44-59(55,56)35-21-13-11-19-33(35)46(51)52)37(49)45-58(53,54)34-20-12-10-18-31(34)40-22-14-6-4-5-7-17-30(26(2)47)42-38(50)57-29-15-8-9-16-29/h3,10-13,18-21,27-30,32,40-41,44H,1,4-9,14-17,22-25H2,2H3,(H,42,50)(H,43,48)(H,45,49)/t27-,28-,30+,32+,39-/m1/s1. The monoisotopic (exact) mass is 859 g/mol. The number of hydrogen-bond acceptors (Lipinski definition) is 13. The number of carbonyl (C=O) groups excluding carboxylic acids is 4. The van der Waals surface area contributed by atoms with Gasteiger partial charge in [-0.15, -0.1) is 6.58 Å². The smallest absolute Gasteiger partial charge is 0.407 e. The molecule has 1 aliphatic heterocycles. The van der Waals surface area contributed by atoms with Gasteiger partial charge in [-0.2, -0.15) is 0 Å². The topological polar surface area (TPSA) is 261 Å². The first-order valence-electron chi connectivity index (χ1n) is 19.9. The van der Waals surface area contributed by atoms with Crippen LogP contribution in [0.3, 0.4) is 0 Å². The Hall–Kier alpha value is -4.92. The van der Waals surface area contributed by atoms with E-state index in [1.54, 1.807) is 12.1 Å². The molecule has 0 spiro atoms. The molecule has 0 aromatic heterocycles. The summed E-state index contributed by atoms with van der Waals surface area (Å²) in [6.07, 6.45) is 9.09. The predicted octanol–water partition coefficient (Wildman–Crippen LogP) is 3.55. The van der Waals surface area contributed by atoms with Gasteiger partial charge in [-0.05, 0) is 76.5 Å². The number of Topliss-reactive ketones (excluding diaryl/α,β-unsaturated/α-hetero) is 1. The number of nitrogens with one attached hydrogen (secondary N) is 6. The Balaban J connectivity index is 1.08. The third kappa shape index (κ3) is 11.9. The summed E-state index contributed by atoms with van der Waals surface area (Å²) in [5.41, 5.74) is -1.93. The van der Waals surface area contributed by atoms with Crippen LogP contribution in [0.25, 0.3) is 0 Å². The maximum atomic E-state index is 13.6. The van der Waals surface area contributed by atoms with Crippen molar-refractivity contribution in [2.45, 2.75) is 124 Å². The third-order valence-corrected chi connectivity index (χ3v) is 13.9. The Morgan fingerprint density at radius 1 is 0.966 bits per heavy atom. The van der Waals surface area contributed by atoms with E-state index in [2.05, 4.69) is 37.3 Å². The van der Waals surface area contributed by atoms with E-state index in [4.69, 9.17) is 4.74 Å². The largest absolute Gasteiger partial charge is 0.446 e. The molecule has 5 atom stereocenters. The van der Waals surface area contributed by atoms with E-state index in [-0.39, 0.29) is 41.9 Å². The molecule has 5 rings (SSSR count). The first-order chi connectivity index (χ1) is 28.1. The van der Waals surface area contributed by atoms with E-state index in [1.165, 1.54) is 37.3 Å². The quantitative estimate of drug-likeness (QED) is 0.0429. The van der Waals surface area contributed by atoms with Gasteiger partial charge in [0.05, 0.1) is 22.7 Å². The van der Waals surface area contributed by atoms with Crippen molar-refractivity contribution in [2.75, 3.05) is 18.4 Å². The molecule has 18 nitrogen and oxygen atoms in total. The number of ketones is 1. The fourth-order valence-electron chi connectivity index (χ4n) is 7.54. The van der Waals surface area contributed by atoms with E-state index in [9.17, 15) is 46.1 Å². The van der Waals surface area contributed by atoms with Gasteiger partial charge in [0.1, 0.15) is 16.5 Å². The number of para-hydroxylation sites is 2. The highest BCUT2D eigenvalue weighted by Gasteiger charge is 2.61. The zero-order valence-electron chi connectivity index (χ0n) is 32.9. The highest BCUT2D eigenvalue weighted by atomic mass is 32.2. The number of benzene rings is 2. The van der Waals surface area contributed by atoms with Gasteiger partial charge in [0.15, 0.2) is 10.7 Å². The minimum atomic E-state index is -4.42. The maximum Gasteiger partial charge on any atom is 0.407 e. The summed E-state index contributed by atoms with van der Waals surface area (Å²) in [4.78, 5) is 61.3. The second-order valence-electron chi connectivity index (χ2n) is 15.3. The summed E-state index contributed by atoms with van der Waals surface area (Å²) in [7, 11) is -8.75.